The molecule has 0 aromatic rings. The summed E-state index contributed by atoms with van der Waals surface area (Å²) in [5.74, 6) is 2.32. The minimum absolute atomic E-state index is 0.119. The third-order valence-electron chi connectivity index (χ3n) is 1.43. The normalized spacial score (nSPS) is 20.8. The first-order valence-electron chi connectivity index (χ1n) is 3.21. The molecule has 0 aromatic carbocycles. The van der Waals surface area contributed by atoms with Crippen LogP contribution in [0.3, 0.4) is 0 Å². The van der Waals surface area contributed by atoms with Crippen LogP contribution in [0.1, 0.15) is 19.3 Å². The second-order valence-electron chi connectivity index (χ2n) is 2.12. The van der Waals surface area contributed by atoms with Crippen molar-refractivity contribution >= 4 is 10.7 Å². The first-order chi connectivity index (χ1) is 4.43. The van der Waals surface area contributed by atoms with Crippen LogP contribution in [-0.4, -0.2) is 11.5 Å². The molecule has 2 nitrogen and oxygen atoms in total. The summed E-state index contributed by atoms with van der Waals surface area (Å²) in [6.45, 7) is 0. The van der Waals surface area contributed by atoms with Crippen molar-refractivity contribution in [3.8, 4) is 6.19 Å². The molecule has 0 amide bonds. The van der Waals surface area contributed by atoms with Crippen molar-refractivity contribution in [3.05, 3.63) is 0 Å². The molecule has 1 saturated heterocycles. The number of hydrogen-bond donors (Lipinski definition) is 0. The van der Waals surface area contributed by atoms with E-state index >= 15 is 0 Å². The third-order valence-corrected chi connectivity index (χ3v) is 3.29. The lowest BCUT2D eigenvalue weighted by Gasteiger charge is -2.10. The Morgan fingerprint density at radius 1 is 1.22 bits per heavy atom. The van der Waals surface area contributed by atoms with Gasteiger partial charge < -0.3 is 0 Å². The second-order valence-corrected chi connectivity index (χ2v) is 4.05. The van der Waals surface area contributed by atoms with Crippen LogP contribution >= 0.6 is 0 Å². The van der Waals surface area contributed by atoms with Gasteiger partial charge in [-0.3, -0.25) is 0 Å². The highest BCUT2D eigenvalue weighted by Gasteiger charge is 2.03. The van der Waals surface area contributed by atoms with Crippen LogP contribution < -0.4 is 0 Å². The summed E-state index contributed by atoms with van der Waals surface area (Å²) in [6, 6.07) is 0. The minimum Gasteiger partial charge on any atom is -0.170 e. The smallest absolute Gasteiger partial charge is 0.170 e. The van der Waals surface area contributed by atoms with Gasteiger partial charge in [0, 0.05) is 11.5 Å². The van der Waals surface area contributed by atoms with Gasteiger partial charge in [-0.2, -0.15) is 9.62 Å². The minimum atomic E-state index is 0.119. The molecule has 0 N–H and O–H groups in total. The van der Waals surface area contributed by atoms with Gasteiger partial charge in [0.05, 0.1) is 0 Å². The van der Waals surface area contributed by atoms with Gasteiger partial charge in [-0.15, -0.1) is 0 Å². The molecule has 0 radical (unpaired) electrons. The Morgan fingerprint density at radius 2 is 1.89 bits per heavy atom. The van der Waals surface area contributed by atoms with Gasteiger partial charge in [-0.1, -0.05) is 17.1 Å². The molecule has 1 aliphatic heterocycles. The summed E-state index contributed by atoms with van der Waals surface area (Å²) in [6.07, 6.45) is 5.76. The first kappa shape index (κ1) is 6.76. The van der Waals surface area contributed by atoms with Crippen LogP contribution in [0.25, 0.3) is 0 Å². The van der Waals surface area contributed by atoms with E-state index < -0.39 is 0 Å². The zero-order valence-electron chi connectivity index (χ0n) is 5.34. The summed E-state index contributed by atoms with van der Waals surface area (Å²) in [4.78, 5) is 0. The van der Waals surface area contributed by atoms with Crippen molar-refractivity contribution in [2.75, 3.05) is 11.5 Å². The topological polar surface area (TPSA) is 36.1 Å². The second kappa shape index (κ2) is 3.62. The fourth-order valence-electron chi connectivity index (χ4n) is 0.965. The van der Waals surface area contributed by atoms with E-state index in [9.17, 15) is 0 Å². The standard InChI is InChI=1S/C6H10N2S/c7-6-8-9-4-2-1-3-5-9/h1-5H2. The van der Waals surface area contributed by atoms with E-state index in [2.05, 4.69) is 4.36 Å². The lowest BCUT2D eigenvalue weighted by molar-refractivity contribution is 0.760. The molecule has 1 aliphatic rings. The van der Waals surface area contributed by atoms with Crippen molar-refractivity contribution in [1.82, 2.24) is 0 Å². The Kier molecular flexibility index (Phi) is 2.72. The maximum atomic E-state index is 8.21. The Hall–Kier alpha value is -0.360. The van der Waals surface area contributed by atoms with E-state index in [0.717, 1.165) is 11.5 Å². The molecule has 0 spiro atoms. The maximum Gasteiger partial charge on any atom is 0.212 e. The van der Waals surface area contributed by atoms with Crippen LogP contribution in [-0.2, 0) is 10.7 Å². The van der Waals surface area contributed by atoms with Gasteiger partial charge in [-0.25, -0.2) is 0 Å². The first-order valence-corrected chi connectivity index (χ1v) is 4.73. The van der Waals surface area contributed by atoms with Gasteiger partial charge in [0.25, 0.3) is 0 Å². The van der Waals surface area contributed by atoms with Crippen molar-refractivity contribution in [3.63, 3.8) is 0 Å². The van der Waals surface area contributed by atoms with Gasteiger partial charge in [-0.05, 0) is 12.8 Å². The summed E-state index contributed by atoms with van der Waals surface area (Å²) in [7, 11) is 0.119. The zero-order valence-corrected chi connectivity index (χ0v) is 6.15. The SMILES string of the molecule is N#CN=S1CCCCC1. The average Bonchev–Trinajstić information content (AvgIpc) is 1.91. The number of rotatable bonds is 0. The predicted octanol–water partition coefficient (Wildman–Crippen LogP) is 1.45. The number of hydrogen-bond acceptors (Lipinski definition) is 2. The molecule has 0 aliphatic carbocycles. The van der Waals surface area contributed by atoms with E-state index in [0.29, 0.717) is 0 Å². The Balaban J connectivity index is 2.42. The van der Waals surface area contributed by atoms with Crippen molar-refractivity contribution in [2.45, 2.75) is 19.3 Å². The molecular formula is C6H10N2S. The highest BCUT2D eigenvalue weighted by atomic mass is 32.2. The van der Waals surface area contributed by atoms with E-state index in [1.54, 1.807) is 0 Å². The molecule has 0 saturated carbocycles. The van der Waals surface area contributed by atoms with E-state index in [-0.39, 0.29) is 10.7 Å². The largest absolute Gasteiger partial charge is 0.212 e. The molecule has 0 aromatic heterocycles. The van der Waals surface area contributed by atoms with Gasteiger partial charge in [0.15, 0.2) is 0 Å². The molecule has 1 fully saturated rings. The molecule has 1 rings (SSSR count). The fraction of sp³-hybridized carbons (Fsp3) is 0.833. The number of nitriles is 1. The van der Waals surface area contributed by atoms with Crippen LogP contribution in [0.15, 0.2) is 4.36 Å². The average molecular weight is 142 g/mol. The van der Waals surface area contributed by atoms with Crippen molar-refractivity contribution in [2.24, 2.45) is 4.36 Å². The van der Waals surface area contributed by atoms with Gasteiger partial charge in [0.2, 0.25) is 6.19 Å². The summed E-state index contributed by atoms with van der Waals surface area (Å²) < 4.78 is 3.82. The lowest BCUT2D eigenvalue weighted by Crippen LogP contribution is -2.08. The van der Waals surface area contributed by atoms with Crippen LogP contribution in [0, 0.1) is 11.5 Å². The van der Waals surface area contributed by atoms with E-state index in [4.69, 9.17) is 5.26 Å². The highest BCUT2D eigenvalue weighted by molar-refractivity contribution is 7.87. The summed E-state index contributed by atoms with van der Waals surface area (Å²) >= 11 is 0. The molecule has 0 atom stereocenters. The number of nitrogens with zero attached hydrogens (tertiary/aromatic N) is 2. The molecule has 0 bridgehead atoms. The molecule has 3 heteroatoms. The quantitative estimate of drug-likeness (QED) is 0.471. The summed E-state index contributed by atoms with van der Waals surface area (Å²) in [5, 5.41) is 8.21. The lowest BCUT2D eigenvalue weighted by atomic mass is 10.3. The highest BCUT2D eigenvalue weighted by Crippen LogP contribution is 2.08. The molecule has 0 unspecified atom stereocenters. The Bertz CT molecular complexity index is 149. The molecule has 50 valence electrons. The molecular weight excluding hydrogens is 132 g/mol. The van der Waals surface area contributed by atoms with E-state index in [1.807, 2.05) is 6.19 Å². The van der Waals surface area contributed by atoms with E-state index in [1.165, 1.54) is 19.3 Å². The predicted molar refractivity (Wildman–Crippen MR) is 39.0 cm³/mol. The molecule has 9 heavy (non-hydrogen) atoms. The van der Waals surface area contributed by atoms with Crippen LogP contribution in [0.2, 0.25) is 0 Å². The van der Waals surface area contributed by atoms with Crippen LogP contribution in [0.4, 0.5) is 0 Å². The Labute approximate surface area is 58.0 Å². The van der Waals surface area contributed by atoms with Crippen molar-refractivity contribution in [1.29, 1.82) is 5.26 Å². The monoisotopic (exact) mass is 142 g/mol. The van der Waals surface area contributed by atoms with Crippen molar-refractivity contribution < 1.29 is 0 Å². The molecule has 1 heterocycles. The fourth-order valence-corrected chi connectivity index (χ4v) is 2.54. The Morgan fingerprint density at radius 3 is 2.44 bits per heavy atom. The third kappa shape index (κ3) is 2.15. The van der Waals surface area contributed by atoms with Gasteiger partial charge >= 0.3 is 0 Å². The van der Waals surface area contributed by atoms with Gasteiger partial charge in [0.1, 0.15) is 0 Å². The maximum absolute atomic E-state index is 8.21. The van der Waals surface area contributed by atoms with Crippen LogP contribution in [0.5, 0.6) is 0 Å². The zero-order chi connectivity index (χ0) is 6.53. The summed E-state index contributed by atoms with van der Waals surface area (Å²) in [5.41, 5.74) is 0.